The zero-order chi connectivity index (χ0) is 18.2. The predicted molar refractivity (Wildman–Crippen MR) is 94.6 cm³/mol. The third kappa shape index (κ3) is 5.69. The normalized spacial score (nSPS) is 10.0. The molecule has 6 nitrogen and oxygen atoms in total. The summed E-state index contributed by atoms with van der Waals surface area (Å²) in [5, 5.41) is 0.404. The molecule has 0 aliphatic rings. The van der Waals surface area contributed by atoms with Gasteiger partial charge in [0.15, 0.2) is 13.2 Å². The summed E-state index contributed by atoms with van der Waals surface area (Å²) in [6.45, 7) is 3.38. The van der Waals surface area contributed by atoms with Crippen molar-refractivity contribution in [2.45, 2.75) is 13.8 Å². The van der Waals surface area contributed by atoms with E-state index in [-0.39, 0.29) is 13.2 Å². The van der Waals surface area contributed by atoms with Crippen LogP contribution >= 0.6 is 11.6 Å². The predicted octanol–water partition coefficient (Wildman–Crippen LogP) is 2.56. The second-order valence-corrected chi connectivity index (χ2v) is 5.71. The topological polar surface area (TPSA) is 76.7 Å². The number of hydrogen-bond acceptors (Lipinski definition) is 4. The highest BCUT2D eigenvalue weighted by atomic mass is 35.5. The van der Waals surface area contributed by atoms with Crippen LogP contribution in [0.3, 0.4) is 0 Å². The number of nitrogens with one attached hydrogen (secondary N) is 2. The van der Waals surface area contributed by atoms with E-state index in [9.17, 15) is 9.59 Å². The lowest BCUT2D eigenvalue weighted by molar-refractivity contribution is -0.131. The molecule has 0 radical (unpaired) electrons. The van der Waals surface area contributed by atoms with Crippen molar-refractivity contribution >= 4 is 23.4 Å². The van der Waals surface area contributed by atoms with Gasteiger partial charge in [-0.2, -0.15) is 0 Å². The summed E-state index contributed by atoms with van der Waals surface area (Å²) in [6, 6.07) is 12.4. The third-order valence-corrected chi connectivity index (χ3v) is 3.76. The Balaban J connectivity index is 1.71. The van der Waals surface area contributed by atoms with Crippen molar-refractivity contribution in [2.24, 2.45) is 0 Å². The zero-order valence-electron chi connectivity index (χ0n) is 14.0. The van der Waals surface area contributed by atoms with Crippen LogP contribution < -0.4 is 20.3 Å². The molecule has 2 aromatic carbocycles. The number of amides is 2. The number of hydrogen-bond donors (Lipinski definition) is 2. The molecule has 0 aromatic heterocycles. The number of carbonyl (C=O) groups excluding carboxylic acids is 2. The van der Waals surface area contributed by atoms with E-state index in [0.717, 1.165) is 11.1 Å². The maximum Gasteiger partial charge on any atom is 0.276 e. The van der Waals surface area contributed by atoms with Crippen LogP contribution in [0.4, 0.5) is 0 Å². The van der Waals surface area contributed by atoms with Gasteiger partial charge in [0, 0.05) is 0 Å². The maximum atomic E-state index is 11.7. The van der Waals surface area contributed by atoms with Crippen molar-refractivity contribution in [2.75, 3.05) is 13.2 Å². The van der Waals surface area contributed by atoms with Gasteiger partial charge in [0.05, 0.1) is 5.02 Å². The molecule has 0 fully saturated rings. The molecule has 0 saturated carbocycles. The molecule has 25 heavy (non-hydrogen) atoms. The molecule has 0 bridgehead atoms. The number of halogens is 1. The van der Waals surface area contributed by atoms with Gasteiger partial charge >= 0.3 is 0 Å². The Morgan fingerprint density at radius 1 is 0.880 bits per heavy atom. The number of aryl methyl sites for hydroxylation is 1. The van der Waals surface area contributed by atoms with Gasteiger partial charge in [-0.25, -0.2) is 0 Å². The van der Waals surface area contributed by atoms with E-state index in [1.807, 2.05) is 26.0 Å². The fourth-order valence-electron chi connectivity index (χ4n) is 1.94. The Labute approximate surface area is 151 Å². The van der Waals surface area contributed by atoms with Crippen molar-refractivity contribution in [3.05, 3.63) is 58.6 Å². The zero-order valence-corrected chi connectivity index (χ0v) is 14.7. The van der Waals surface area contributed by atoms with Crippen LogP contribution in [0, 0.1) is 13.8 Å². The largest absolute Gasteiger partial charge is 0.483 e. The molecule has 0 saturated heterocycles. The molecule has 0 aliphatic heterocycles. The van der Waals surface area contributed by atoms with Crippen molar-refractivity contribution in [1.82, 2.24) is 10.9 Å². The summed E-state index contributed by atoms with van der Waals surface area (Å²) in [7, 11) is 0. The molecule has 0 atom stereocenters. The number of para-hydroxylation sites is 1. The number of carbonyl (C=O) groups is 2. The monoisotopic (exact) mass is 362 g/mol. The number of hydrazine groups is 1. The van der Waals surface area contributed by atoms with Gasteiger partial charge in [0.1, 0.15) is 11.5 Å². The molecule has 0 aliphatic carbocycles. The molecular weight excluding hydrogens is 344 g/mol. The first-order chi connectivity index (χ1) is 12.0. The molecule has 0 spiro atoms. The maximum absolute atomic E-state index is 11.7. The summed E-state index contributed by atoms with van der Waals surface area (Å²) in [5.74, 6) is 0.0273. The average molecular weight is 363 g/mol. The van der Waals surface area contributed by atoms with Gasteiger partial charge in [0.2, 0.25) is 0 Å². The van der Waals surface area contributed by atoms with Crippen molar-refractivity contribution in [3.8, 4) is 11.5 Å². The summed E-state index contributed by atoms with van der Waals surface area (Å²) in [5.41, 5.74) is 6.55. The Hall–Kier alpha value is -2.73. The van der Waals surface area contributed by atoms with Crippen LogP contribution in [-0.2, 0) is 9.59 Å². The molecule has 7 heteroatoms. The van der Waals surface area contributed by atoms with Gasteiger partial charge in [-0.3, -0.25) is 20.4 Å². The van der Waals surface area contributed by atoms with Crippen LogP contribution in [0.1, 0.15) is 11.1 Å². The lowest BCUT2D eigenvalue weighted by atomic mass is 10.1. The lowest BCUT2D eigenvalue weighted by Crippen LogP contribution is -2.45. The average Bonchev–Trinajstić information content (AvgIpc) is 2.60. The molecule has 0 heterocycles. The fourth-order valence-corrected chi connectivity index (χ4v) is 2.13. The van der Waals surface area contributed by atoms with Crippen LogP contribution in [0.5, 0.6) is 11.5 Å². The molecule has 2 N–H and O–H groups in total. The lowest BCUT2D eigenvalue weighted by Gasteiger charge is -2.12. The molecule has 132 valence electrons. The Morgan fingerprint density at radius 2 is 1.44 bits per heavy atom. The Bertz CT molecular complexity index is 764. The SMILES string of the molecule is Cc1cccc(OCC(=O)NNC(=O)COc2ccccc2Cl)c1C. The Morgan fingerprint density at radius 3 is 2.08 bits per heavy atom. The third-order valence-electron chi connectivity index (χ3n) is 3.45. The van der Waals surface area contributed by atoms with E-state index < -0.39 is 11.8 Å². The van der Waals surface area contributed by atoms with Gasteiger partial charge in [0.25, 0.3) is 11.8 Å². The highest BCUT2D eigenvalue weighted by Crippen LogP contribution is 2.22. The first kappa shape index (κ1) is 18.6. The minimum absolute atomic E-state index is 0.212. The summed E-state index contributed by atoms with van der Waals surface area (Å²) < 4.78 is 10.7. The second-order valence-electron chi connectivity index (χ2n) is 5.30. The molecule has 0 unspecified atom stereocenters. The smallest absolute Gasteiger partial charge is 0.276 e. The molecular formula is C18H19ClN2O4. The van der Waals surface area contributed by atoms with Gasteiger partial charge < -0.3 is 9.47 Å². The van der Waals surface area contributed by atoms with Gasteiger partial charge in [-0.15, -0.1) is 0 Å². The minimum Gasteiger partial charge on any atom is -0.483 e. The molecule has 2 rings (SSSR count). The van der Waals surface area contributed by atoms with Gasteiger partial charge in [-0.1, -0.05) is 35.9 Å². The van der Waals surface area contributed by atoms with Crippen LogP contribution in [0.2, 0.25) is 5.02 Å². The standard InChI is InChI=1S/C18H19ClN2O4/c1-12-6-5-9-15(13(12)2)24-10-17(22)20-21-18(23)11-25-16-8-4-3-7-14(16)19/h3-9H,10-11H2,1-2H3,(H,20,22)(H,21,23). The molecule has 2 aromatic rings. The highest BCUT2D eigenvalue weighted by Gasteiger charge is 2.09. The highest BCUT2D eigenvalue weighted by molar-refractivity contribution is 6.32. The van der Waals surface area contributed by atoms with E-state index in [0.29, 0.717) is 16.5 Å². The summed E-state index contributed by atoms with van der Waals surface area (Å²) in [4.78, 5) is 23.4. The van der Waals surface area contributed by atoms with Crippen molar-refractivity contribution in [3.63, 3.8) is 0 Å². The summed E-state index contributed by atoms with van der Waals surface area (Å²) in [6.07, 6.45) is 0. The van der Waals surface area contributed by atoms with E-state index >= 15 is 0 Å². The Kier molecular flexibility index (Phi) is 6.65. The summed E-state index contributed by atoms with van der Waals surface area (Å²) >= 11 is 5.92. The van der Waals surface area contributed by atoms with Crippen LogP contribution in [0.15, 0.2) is 42.5 Å². The van der Waals surface area contributed by atoms with E-state index in [1.165, 1.54) is 0 Å². The second kappa shape index (κ2) is 8.94. The van der Waals surface area contributed by atoms with Gasteiger partial charge in [-0.05, 0) is 43.2 Å². The quantitative estimate of drug-likeness (QED) is 0.774. The van der Waals surface area contributed by atoms with Crippen LogP contribution in [-0.4, -0.2) is 25.0 Å². The number of ether oxygens (including phenoxy) is 2. The van der Waals surface area contributed by atoms with Crippen molar-refractivity contribution < 1.29 is 19.1 Å². The minimum atomic E-state index is -0.514. The first-order valence-corrected chi connectivity index (χ1v) is 7.99. The first-order valence-electron chi connectivity index (χ1n) is 7.61. The van der Waals surface area contributed by atoms with Crippen LogP contribution in [0.25, 0.3) is 0 Å². The fraction of sp³-hybridized carbons (Fsp3) is 0.222. The van der Waals surface area contributed by atoms with E-state index in [2.05, 4.69) is 10.9 Å². The van der Waals surface area contributed by atoms with E-state index in [1.54, 1.807) is 30.3 Å². The number of rotatable bonds is 6. The van der Waals surface area contributed by atoms with Crippen molar-refractivity contribution in [1.29, 1.82) is 0 Å². The number of benzene rings is 2. The van der Waals surface area contributed by atoms with E-state index in [4.69, 9.17) is 21.1 Å². The molecule has 2 amide bonds.